The first-order valence-electron chi connectivity index (χ1n) is 6.25. The summed E-state index contributed by atoms with van der Waals surface area (Å²) in [5.41, 5.74) is 0.622. The van der Waals surface area contributed by atoms with E-state index in [4.69, 9.17) is 9.84 Å². The highest BCUT2D eigenvalue weighted by atomic mass is 16.5. The number of nitrogens with one attached hydrogen (secondary N) is 2. The van der Waals surface area contributed by atoms with E-state index in [1.165, 1.54) is 7.11 Å². The Labute approximate surface area is 120 Å². The summed E-state index contributed by atoms with van der Waals surface area (Å²) in [5.74, 6) is -1.13. The fourth-order valence-corrected chi connectivity index (χ4v) is 1.85. The molecule has 1 atom stereocenters. The summed E-state index contributed by atoms with van der Waals surface area (Å²) in [5, 5.41) is 15.7. The highest BCUT2D eigenvalue weighted by Gasteiger charge is 2.17. The molecule has 21 heavy (non-hydrogen) atoms. The van der Waals surface area contributed by atoms with Crippen LogP contribution in [0.5, 0.6) is 0 Å². The van der Waals surface area contributed by atoms with Crippen LogP contribution in [0.15, 0.2) is 36.7 Å². The van der Waals surface area contributed by atoms with Gasteiger partial charge in [0.15, 0.2) is 6.10 Å². The Morgan fingerprint density at radius 1 is 1.38 bits per heavy atom. The quantitative estimate of drug-likeness (QED) is 0.773. The largest absolute Gasteiger partial charge is 0.479 e. The van der Waals surface area contributed by atoms with Crippen LogP contribution in [0, 0.1) is 0 Å². The molecule has 0 fully saturated rings. The summed E-state index contributed by atoms with van der Waals surface area (Å²) in [7, 11) is 1.27. The number of aliphatic carboxylic acids is 1. The number of carbonyl (C=O) groups excluding carboxylic acids is 1. The number of hydrogen-bond acceptors (Lipinski definition) is 4. The highest BCUT2D eigenvalue weighted by molar-refractivity contribution is 6.01. The molecule has 1 heterocycles. The average Bonchev–Trinajstić information content (AvgIpc) is 2.48. The average molecular weight is 289 g/mol. The first kappa shape index (κ1) is 14.7. The second-order valence-electron chi connectivity index (χ2n) is 4.30. The van der Waals surface area contributed by atoms with Crippen LogP contribution in [0.4, 0.5) is 10.5 Å². The van der Waals surface area contributed by atoms with Crippen LogP contribution in [-0.4, -0.2) is 41.8 Å². The highest BCUT2D eigenvalue weighted by Crippen LogP contribution is 2.21. The standard InChI is InChI=1S/C14H15N3O4/c1-21-12(13(18)19)8-16-14(20)17-11-4-2-3-9-7-15-6-5-10(9)11/h2-7,12H,8H2,1H3,(H,18,19)(H2,16,17,20). The Kier molecular flexibility index (Phi) is 4.68. The number of amides is 2. The summed E-state index contributed by atoms with van der Waals surface area (Å²) in [4.78, 5) is 26.6. The lowest BCUT2D eigenvalue weighted by Crippen LogP contribution is -2.39. The minimum absolute atomic E-state index is 0.121. The van der Waals surface area contributed by atoms with Gasteiger partial charge < -0.3 is 20.5 Å². The molecule has 0 saturated carbocycles. The number of hydrogen-bond donors (Lipinski definition) is 3. The van der Waals surface area contributed by atoms with E-state index in [2.05, 4.69) is 15.6 Å². The zero-order valence-electron chi connectivity index (χ0n) is 11.4. The van der Waals surface area contributed by atoms with Gasteiger partial charge in [-0.2, -0.15) is 0 Å². The minimum Gasteiger partial charge on any atom is -0.479 e. The van der Waals surface area contributed by atoms with Crippen LogP contribution in [0.1, 0.15) is 0 Å². The number of carboxylic acids is 1. The van der Waals surface area contributed by atoms with Crippen molar-refractivity contribution < 1.29 is 19.4 Å². The smallest absolute Gasteiger partial charge is 0.334 e. The van der Waals surface area contributed by atoms with Gasteiger partial charge in [0.05, 0.1) is 12.2 Å². The molecule has 0 radical (unpaired) electrons. The molecular formula is C14H15N3O4. The molecule has 0 aliphatic rings. The van der Waals surface area contributed by atoms with Gasteiger partial charge in [0.2, 0.25) is 0 Å². The van der Waals surface area contributed by atoms with Gasteiger partial charge in [-0.3, -0.25) is 4.98 Å². The maximum absolute atomic E-state index is 11.8. The summed E-state index contributed by atoms with van der Waals surface area (Å²) in [6, 6.07) is 6.74. The molecule has 0 aliphatic carbocycles. The van der Waals surface area contributed by atoms with Crippen molar-refractivity contribution in [2.24, 2.45) is 0 Å². The molecule has 3 N–H and O–H groups in total. The molecule has 7 heteroatoms. The summed E-state index contributed by atoms with van der Waals surface area (Å²) in [6.07, 6.45) is 2.26. The zero-order chi connectivity index (χ0) is 15.2. The van der Waals surface area contributed by atoms with E-state index in [0.29, 0.717) is 5.69 Å². The molecule has 2 amide bonds. The normalized spacial score (nSPS) is 11.9. The van der Waals surface area contributed by atoms with Crippen molar-refractivity contribution in [1.29, 1.82) is 0 Å². The zero-order valence-corrected chi connectivity index (χ0v) is 11.4. The molecule has 1 unspecified atom stereocenters. The Morgan fingerprint density at radius 2 is 2.19 bits per heavy atom. The van der Waals surface area contributed by atoms with E-state index in [0.717, 1.165) is 10.8 Å². The number of nitrogens with zero attached hydrogens (tertiary/aromatic N) is 1. The van der Waals surface area contributed by atoms with E-state index >= 15 is 0 Å². The molecule has 7 nitrogen and oxygen atoms in total. The Balaban J connectivity index is 2.03. The van der Waals surface area contributed by atoms with Gasteiger partial charge >= 0.3 is 12.0 Å². The van der Waals surface area contributed by atoms with Crippen LogP contribution in [0.2, 0.25) is 0 Å². The van der Waals surface area contributed by atoms with E-state index in [1.54, 1.807) is 30.6 Å². The number of fused-ring (bicyclic) bond motifs is 1. The molecule has 2 aromatic rings. The minimum atomic E-state index is -1.13. The maximum atomic E-state index is 11.8. The monoisotopic (exact) mass is 289 g/mol. The molecular weight excluding hydrogens is 274 g/mol. The number of carboxylic acid groups (broad SMARTS) is 1. The topological polar surface area (TPSA) is 101 Å². The number of benzene rings is 1. The van der Waals surface area contributed by atoms with Gasteiger partial charge in [0, 0.05) is 30.3 Å². The third-order valence-corrected chi connectivity index (χ3v) is 2.94. The first-order chi connectivity index (χ1) is 10.1. The van der Waals surface area contributed by atoms with Crippen LogP contribution >= 0.6 is 0 Å². The van der Waals surface area contributed by atoms with Crippen LogP contribution < -0.4 is 10.6 Å². The number of methoxy groups -OCH3 is 1. The summed E-state index contributed by atoms with van der Waals surface area (Å²) < 4.78 is 4.73. The second kappa shape index (κ2) is 6.67. The van der Waals surface area contributed by atoms with Crippen LogP contribution in [0.3, 0.4) is 0 Å². The maximum Gasteiger partial charge on any atom is 0.334 e. The van der Waals surface area contributed by atoms with Gasteiger partial charge in [0.1, 0.15) is 0 Å². The fraction of sp³-hybridized carbons (Fsp3) is 0.214. The molecule has 0 aliphatic heterocycles. The number of ether oxygens (including phenoxy) is 1. The Hall–Kier alpha value is -2.67. The van der Waals surface area contributed by atoms with Crippen molar-refractivity contribution in [2.75, 3.05) is 19.0 Å². The predicted octanol–water partition coefficient (Wildman–Crippen LogP) is 1.46. The van der Waals surface area contributed by atoms with Gasteiger partial charge in [-0.15, -0.1) is 0 Å². The molecule has 0 spiro atoms. The van der Waals surface area contributed by atoms with Gasteiger partial charge in [0.25, 0.3) is 0 Å². The van der Waals surface area contributed by atoms with Crippen molar-refractivity contribution in [2.45, 2.75) is 6.10 Å². The van der Waals surface area contributed by atoms with E-state index in [9.17, 15) is 9.59 Å². The lowest BCUT2D eigenvalue weighted by Gasteiger charge is -2.13. The fourth-order valence-electron chi connectivity index (χ4n) is 1.85. The van der Waals surface area contributed by atoms with Gasteiger partial charge in [-0.05, 0) is 12.1 Å². The van der Waals surface area contributed by atoms with E-state index in [1.807, 2.05) is 6.07 Å². The number of aromatic nitrogens is 1. The molecule has 2 rings (SSSR count). The number of carbonyl (C=O) groups is 2. The molecule has 0 bridgehead atoms. The van der Waals surface area contributed by atoms with Gasteiger partial charge in [-0.25, -0.2) is 9.59 Å². The van der Waals surface area contributed by atoms with E-state index < -0.39 is 18.1 Å². The molecule has 1 aromatic heterocycles. The summed E-state index contributed by atoms with van der Waals surface area (Å²) in [6.45, 7) is -0.121. The first-order valence-corrected chi connectivity index (χ1v) is 6.25. The molecule has 1 aromatic carbocycles. The van der Waals surface area contributed by atoms with Crippen molar-refractivity contribution >= 4 is 28.5 Å². The second-order valence-corrected chi connectivity index (χ2v) is 4.30. The molecule has 0 saturated heterocycles. The summed E-state index contributed by atoms with van der Waals surface area (Å²) >= 11 is 0. The number of rotatable bonds is 5. The van der Waals surface area contributed by atoms with Crippen molar-refractivity contribution in [3.05, 3.63) is 36.7 Å². The Bertz CT molecular complexity index is 654. The number of urea groups is 1. The van der Waals surface area contributed by atoms with Crippen molar-refractivity contribution in [3.63, 3.8) is 0 Å². The van der Waals surface area contributed by atoms with Gasteiger partial charge in [-0.1, -0.05) is 12.1 Å². The van der Waals surface area contributed by atoms with Crippen molar-refractivity contribution in [3.8, 4) is 0 Å². The number of pyridine rings is 1. The van der Waals surface area contributed by atoms with Crippen LogP contribution in [0.25, 0.3) is 10.8 Å². The number of anilines is 1. The third-order valence-electron chi connectivity index (χ3n) is 2.94. The van der Waals surface area contributed by atoms with Crippen LogP contribution in [-0.2, 0) is 9.53 Å². The van der Waals surface area contributed by atoms with Crippen molar-refractivity contribution in [1.82, 2.24) is 10.3 Å². The SMILES string of the molecule is COC(CNC(=O)Nc1cccc2cnccc12)C(=O)O. The lowest BCUT2D eigenvalue weighted by molar-refractivity contribution is -0.147. The molecule has 110 valence electrons. The Morgan fingerprint density at radius 3 is 2.90 bits per heavy atom. The van der Waals surface area contributed by atoms with E-state index in [-0.39, 0.29) is 6.54 Å². The third kappa shape index (κ3) is 3.67. The predicted molar refractivity (Wildman–Crippen MR) is 77.2 cm³/mol. The lowest BCUT2D eigenvalue weighted by atomic mass is 10.1.